The Morgan fingerprint density at radius 1 is 1.22 bits per heavy atom. The summed E-state index contributed by atoms with van der Waals surface area (Å²) in [5.74, 6) is -0.430. The smallest absolute Gasteiger partial charge is 0.350 e. The summed E-state index contributed by atoms with van der Waals surface area (Å²) in [6.45, 7) is 0.517. The molecule has 3 aromatic rings. The minimum atomic E-state index is -0.430. The van der Waals surface area contributed by atoms with Crippen LogP contribution in [0, 0.1) is 5.82 Å². The zero-order valence-electron chi connectivity index (χ0n) is 12.3. The molecule has 1 heterocycles. The number of hydrogen-bond donors (Lipinski definition) is 1. The Morgan fingerprint density at radius 2 is 1.96 bits per heavy atom. The quantitative estimate of drug-likeness (QED) is 0.799. The van der Waals surface area contributed by atoms with Crippen molar-refractivity contribution in [1.82, 2.24) is 14.3 Å². The van der Waals surface area contributed by atoms with E-state index in [2.05, 4.69) is 10.4 Å². The summed E-state index contributed by atoms with van der Waals surface area (Å²) in [7, 11) is 1.65. The van der Waals surface area contributed by atoms with E-state index in [1.807, 2.05) is 12.1 Å². The average Bonchev–Trinajstić information content (AvgIpc) is 2.89. The predicted octanol–water partition coefficient (Wildman–Crippen LogP) is 2.98. The minimum Gasteiger partial charge on any atom is -0.381 e. The first-order valence-corrected chi connectivity index (χ1v) is 7.31. The number of aromatic nitrogens is 3. The fraction of sp³-hybridized carbons (Fsp3) is 0.125. The van der Waals surface area contributed by atoms with E-state index < -0.39 is 5.82 Å². The first-order chi connectivity index (χ1) is 11.0. The zero-order chi connectivity index (χ0) is 16.4. The van der Waals surface area contributed by atoms with Gasteiger partial charge in [-0.1, -0.05) is 17.7 Å². The van der Waals surface area contributed by atoms with Gasteiger partial charge in [-0.2, -0.15) is 9.78 Å². The molecule has 0 spiro atoms. The summed E-state index contributed by atoms with van der Waals surface area (Å²) >= 11 is 5.76. The summed E-state index contributed by atoms with van der Waals surface area (Å²) in [6.07, 6.45) is 1.47. The van der Waals surface area contributed by atoms with Crippen molar-refractivity contribution in [2.24, 2.45) is 7.05 Å². The van der Waals surface area contributed by atoms with E-state index >= 15 is 0 Å². The molecule has 7 heteroatoms. The number of aryl methyl sites for hydroxylation is 1. The van der Waals surface area contributed by atoms with E-state index in [0.29, 0.717) is 12.2 Å². The third kappa shape index (κ3) is 3.27. The molecule has 0 unspecified atom stereocenters. The molecule has 0 atom stereocenters. The van der Waals surface area contributed by atoms with Crippen molar-refractivity contribution in [1.29, 1.82) is 0 Å². The van der Waals surface area contributed by atoms with Gasteiger partial charge in [0.2, 0.25) is 0 Å². The first kappa shape index (κ1) is 15.3. The van der Waals surface area contributed by atoms with Gasteiger partial charge in [-0.05, 0) is 42.0 Å². The Morgan fingerprint density at radius 3 is 2.57 bits per heavy atom. The summed E-state index contributed by atoms with van der Waals surface area (Å²) in [5.41, 5.74) is 2.23. The Bertz CT molecular complexity index is 886. The van der Waals surface area contributed by atoms with Crippen LogP contribution in [0.1, 0.15) is 5.56 Å². The highest BCUT2D eigenvalue weighted by molar-refractivity contribution is 6.30. The molecule has 1 aromatic heterocycles. The molecule has 1 N–H and O–H groups in total. The normalized spacial score (nSPS) is 10.7. The van der Waals surface area contributed by atoms with E-state index in [0.717, 1.165) is 11.3 Å². The largest absolute Gasteiger partial charge is 0.381 e. The lowest BCUT2D eigenvalue weighted by Gasteiger charge is -2.08. The van der Waals surface area contributed by atoms with Gasteiger partial charge in [0.1, 0.15) is 12.1 Å². The maximum atomic E-state index is 13.1. The molecule has 118 valence electrons. The van der Waals surface area contributed by atoms with Gasteiger partial charge in [0.15, 0.2) is 0 Å². The monoisotopic (exact) mass is 332 g/mol. The summed E-state index contributed by atoms with van der Waals surface area (Å²) in [6, 6.07) is 11.9. The standard InChI is InChI=1S/C16H14ClFN4O/c1-21-10-20-22(16(21)23)13-5-3-12(4-6-13)19-9-11-2-7-15(18)14(17)8-11/h2-8,10,19H,9H2,1H3. The van der Waals surface area contributed by atoms with E-state index in [1.165, 1.54) is 21.6 Å². The van der Waals surface area contributed by atoms with Crippen molar-refractivity contribution in [3.63, 3.8) is 0 Å². The predicted molar refractivity (Wildman–Crippen MR) is 87.5 cm³/mol. The topological polar surface area (TPSA) is 51.9 Å². The molecule has 0 aliphatic carbocycles. The number of rotatable bonds is 4. The van der Waals surface area contributed by atoms with Gasteiger partial charge in [-0.3, -0.25) is 4.57 Å². The second-order valence-corrected chi connectivity index (χ2v) is 5.49. The minimum absolute atomic E-state index is 0.106. The number of benzene rings is 2. The van der Waals surface area contributed by atoms with Crippen LogP contribution in [0.3, 0.4) is 0 Å². The number of nitrogens with zero attached hydrogens (tertiary/aromatic N) is 3. The Labute approximate surface area is 136 Å². The summed E-state index contributed by atoms with van der Waals surface area (Å²) in [4.78, 5) is 11.8. The molecule has 5 nitrogen and oxygen atoms in total. The molecule has 0 saturated heterocycles. The molecule has 0 fully saturated rings. The highest BCUT2D eigenvalue weighted by Crippen LogP contribution is 2.18. The fourth-order valence-electron chi connectivity index (χ4n) is 2.13. The Kier molecular flexibility index (Phi) is 4.16. The third-order valence-corrected chi connectivity index (χ3v) is 3.71. The lowest BCUT2D eigenvalue weighted by molar-refractivity contribution is 0.627. The van der Waals surface area contributed by atoms with Crippen LogP contribution in [0.25, 0.3) is 5.69 Å². The number of anilines is 1. The van der Waals surface area contributed by atoms with Crippen LogP contribution >= 0.6 is 11.6 Å². The van der Waals surface area contributed by atoms with E-state index in [4.69, 9.17) is 11.6 Å². The van der Waals surface area contributed by atoms with Gasteiger partial charge < -0.3 is 5.32 Å². The van der Waals surface area contributed by atoms with Crippen molar-refractivity contribution < 1.29 is 4.39 Å². The SMILES string of the molecule is Cn1cnn(-c2ccc(NCc3ccc(F)c(Cl)c3)cc2)c1=O. The molecule has 0 aliphatic heterocycles. The van der Waals surface area contributed by atoms with Crippen molar-refractivity contribution in [3.05, 3.63) is 75.7 Å². The number of halogens is 2. The van der Waals surface area contributed by atoms with Crippen LogP contribution in [-0.4, -0.2) is 14.3 Å². The van der Waals surface area contributed by atoms with Crippen LogP contribution in [0.2, 0.25) is 5.02 Å². The second-order valence-electron chi connectivity index (χ2n) is 5.09. The van der Waals surface area contributed by atoms with Crippen molar-refractivity contribution in [3.8, 4) is 5.69 Å². The van der Waals surface area contributed by atoms with Gasteiger partial charge in [0.25, 0.3) is 0 Å². The molecular weight excluding hydrogens is 319 g/mol. The highest BCUT2D eigenvalue weighted by Gasteiger charge is 2.05. The van der Waals surface area contributed by atoms with Gasteiger partial charge in [-0.15, -0.1) is 0 Å². The molecular formula is C16H14ClFN4O. The number of nitrogens with one attached hydrogen (secondary N) is 1. The van der Waals surface area contributed by atoms with Gasteiger partial charge >= 0.3 is 5.69 Å². The molecule has 3 rings (SSSR count). The maximum absolute atomic E-state index is 13.1. The van der Waals surface area contributed by atoms with Crippen LogP contribution in [-0.2, 0) is 13.6 Å². The van der Waals surface area contributed by atoms with Crippen LogP contribution in [0.5, 0.6) is 0 Å². The van der Waals surface area contributed by atoms with Crippen LogP contribution < -0.4 is 11.0 Å². The molecule has 23 heavy (non-hydrogen) atoms. The lowest BCUT2D eigenvalue weighted by Crippen LogP contribution is -2.21. The van der Waals surface area contributed by atoms with E-state index in [1.54, 1.807) is 31.3 Å². The average molecular weight is 333 g/mol. The third-order valence-electron chi connectivity index (χ3n) is 3.42. The molecule has 0 aliphatic rings. The van der Waals surface area contributed by atoms with Crippen LogP contribution in [0.4, 0.5) is 10.1 Å². The van der Waals surface area contributed by atoms with E-state index in [-0.39, 0.29) is 10.7 Å². The lowest BCUT2D eigenvalue weighted by atomic mass is 10.2. The maximum Gasteiger partial charge on any atom is 0.350 e. The van der Waals surface area contributed by atoms with Crippen molar-refractivity contribution in [2.75, 3.05) is 5.32 Å². The zero-order valence-corrected chi connectivity index (χ0v) is 13.1. The Hall–Kier alpha value is -2.60. The van der Waals surface area contributed by atoms with Gasteiger partial charge in [-0.25, -0.2) is 9.18 Å². The fourth-order valence-corrected chi connectivity index (χ4v) is 2.33. The molecule has 2 aromatic carbocycles. The van der Waals surface area contributed by atoms with Crippen molar-refractivity contribution in [2.45, 2.75) is 6.54 Å². The second kappa shape index (κ2) is 6.26. The van der Waals surface area contributed by atoms with E-state index in [9.17, 15) is 9.18 Å². The molecule has 0 amide bonds. The Balaban J connectivity index is 1.71. The van der Waals surface area contributed by atoms with Crippen molar-refractivity contribution >= 4 is 17.3 Å². The highest BCUT2D eigenvalue weighted by atomic mass is 35.5. The van der Waals surface area contributed by atoms with Gasteiger partial charge in [0.05, 0.1) is 10.7 Å². The molecule has 0 saturated carbocycles. The van der Waals surface area contributed by atoms with Gasteiger partial charge in [0, 0.05) is 19.3 Å². The van der Waals surface area contributed by atoms with Crippen LogP contribution in [0.15, 0.2) is 53.6 Å². The number of hydrogen-bond acceptors (Lipinski definition) is 3. The first-order valence-electron chi connectivity index (χ1n) is 6.93. The molecule has 0 radical (unpaired) electrons. The summed E-state index contributed by atoms with van der Waals surface area (Å²) in [5, 5.41) is 7.34. The summed E-state index contributed by atoms with van der Waals surface area (Å²) < 4.78 is 15.8. The molecule has 0 bridgehead atoms.